The summed E-state index contributed by atoms with van der Waals surface area (Å²) in [6.07, 6.45) is 0. The number of anilines is 1. The monoisotopic (exact) mass is 369 g/mol. The van der Waals surface area contributed by atoms with Crippen LogP contribution in [0, 0.1) is 17.1 Å². The molecule has 0 saturated carbocycles. The number of nitriles is 1. The normalized spacial score (nSPS) is 14.7. The first kappa shape index (κ1) is 19.2. The Labute approximate surface area is 159 Å². The summed E-state index contributed by atoms with van der Waals surface area (Å²) in [5.74, 6) is 0.525. The van der Waals surface area contributed by atoms with Crippen molar-refractivity contribution in [2.75, 3.05) is 57.4 Å². The second-order valence-electron chi connectivity index (χ2n) is 6.38. The van der Waals surface area contributed by atoms with Gasteiger partial charge in [0.2, 0.25) is 0 Å². The number of hydrogen-bond donors (Lipinski definition) is 0. The topological polar surface area (TPSA) is 48.7 Å². The van der Waals surface area contributed by atoms with E-state index in [0.717, 1.165) is 38.5 Å². The van der Waals surface area contributed by atoms with E-state index in [2.05, 4.69) is 4.90 Å². The van der Waals surface area contributed by atoms with Gasteiger partial charge in [-0.25, -0.2) is 4.39 Å². The molecular weight excluding hydrogens is 345 g/mol. The Morgan fingerprint density at radius 1 is 0.963 bits per heavy atom. The molecule has 1 aliphatic heterocycles. The van der Waals surface area contributed by atoms with Crippen molar-refractivity contribution in [2.45, 2.75) is 0 Å². The smallest absolute Gasteiger partial charge is 0.147 e. The van der Waals surface area contributed by atoms with Crippen molar-refractivity contribution in [3.05, 3.63) is 59.9 Å². The summed E-state index contributed by atoms with van der Waals surface area (Å²) in [7, 11) is 0. The fourth-order valence-electron chi connectivity index (χ4n) is 3.08. The molecule has 3 rings (SSSR count). The molecule has 0 spiro atoms. The van der Waals surface area contributed by atoms with E-state index in [1.54, 1.807) is 12.1 Å². The van der Waals surface area contributed by atoms with E-state index in [-0.39, 0.29) is 5.82 Å². The number of para-hydroxylation sites is 1. The zero-order valence-electron chi connectivity index (χ0n) is 15.3. The highest BCUT2D eigenvalue weighted by molar-refractivity contribution is 5.51. The highest BCUT2D eigenvalue weighted by Gasteiger charge is 2.19. The molecule has 27 heavy (non-hydrogen) atoms. The molecule has 0 N–H and O–H groups in total. The lowest BCUT2D eigenvalue weighted by Gasteiger charge is -2.36. The Morgan fingerprint density at radius 3 is 2.44 bits per heavy atom. The summed E-state index contributed by atoms with van der Waals surface area (Å²) in [5.41, 5.74) is 0.922. The number of nitrogens with zero attached hydrogens (tertiary/aromatic N) is 3. The number of piperazine rings is 1. The molecule has 2 aromatic rings. The first-order valence-electron chi connectivity index (χ1n) is 9.19. The number of hydrogen-bond acceptors (Lipinski definition) is 5. The maximum absolute atomic E-state index is 14.1. The molecule has 0 bridgehead atoms. The van der Waals surface area contributed by atoms with Crippen LogP contribution in [0.2, 0.25) is 0 Å². The van der Waals surface area contributed by atoms with Crippen LogP contribution in [0.1, 0.15) is 5.56 Å². The highest BCUT2D eigenvalue weighted by Crippen LogP contribution is 2.21. The lowest BCUT2D eigenvalue weighted by Crippen LogP contribution is -2.47. The molecule has 6 heteroatoms. The van der Waals surface area contributed by atoms with Crippen molar-refractivity contribution in [3.63, 3.8) is 0 Å². The zero-order valence-corrected chi connectivity index (χ0v) is 15.3. The Bertz CT molecular complexity index is 756. The van der Waals surface area contributed by atoms with Crippen molar-refractivity contribution in [2.24, 2.45) is 0 Å². The Kier molecular flexibility index (Phi) is 7.03. The van der Waals surface area contributed by atoms with Gasteiger partial charge in [-0.1, -0.05) is 18.2 Å². The molecule has 1 fully saturated rings. The molecule has 5 nitrogen and oxygen atoms in total. The van der Waals surface area contributed by atoms with Crippen LogP contribution in [0.4, 0.5) is 10.1 Å². The maximum Gasteiger partial charge on any atom is 0.147 e. The standard InChI is InChI=1S/C21H24FN3O2/c22-20-16-18(17-23)6-7-21(20)25-10-8-24(9-11-25)12-13-26-14-15-27-19-4-2-1-3-5-19/h1-7,16H,8-15H2. The van der Waals surface area contributed by atoms with E-state index in [4.69, 9.17) is 14.7 Å². The third-order valence-corrected chi connectivity index (χ3v) is 4.58. The summed E-state index contributed by atoms with van der Waals surface area (Å²) >= 11 is 0. The van der Waals surface area contributed by atoms with Crippen LogP contribution < -0.4 is 9.64 Å². The van der Waals surface area contributed by atoms with Gasteiger partial charge in [0.1, 0.15) is 18.2 Å². The molecule has 0 amide bonds. The summed E-state index contributed by atoms with van der Waals surface area (Å²) < 4.78 is 25.4. The van der Waals surface area contributed by atoms with E-state index in [0.29, 0.717) is 31.1 Å². The van der Waals surface area contributed by atoms with Crippen molar-refractivity contribution in [3.8, 4) is 11.8 Å². The van der Waals surface area contributed by atoms with Gasteiger partial charge in [-0.2, -0.15) is 5.26 Å². The van der Waals surface area contributed by atoms with Crippen molar-refractivity contribution in [1.29, 1.82) is 5.26 Å². The largest absolute Gasteiger partial charge is 0.491 e. The summed E-state index contributed by atoms with van der Waals surface area (Å²) in [4.78, 5) is 4.34. The second-order valence-corrected chi connectivity index (χ2v) is 6.38. The van der Waals surface area contributed by atoms with Gasteiger partial charge in [-0.3, -0.25) is 4.90 Å². The van der Waals surface area contributed by atoms with Gasteiger partial charge in [-0.15, -0.1) is 0 Å². The molecule has 142 valence electrons. The van der Waals surface area contributed by atoms with Crippen LogP contribution >= 0.6 is 0 Å². The van der Waals surface area contributed by atoms with Crippen LogP contribution in [0.5, 0.6) is 5.75 Å². The number of halogens is 1. The van der Waals surface area contributed by atoms with Crippen LogP contribution in [0.25, 0.3) is 0 Å². The molecule has 2 aromatic carbocycles. The second kappa shape index (κ2) is 9.91. The fraction of sp³-hybridized carbons (Fsp3) is 0.381. The van der Waals surface area contributed by atoms with Crippen molar-refractivity contribution in [1.82, 2.24) is 4.90 Å². The summed E-state index contributed by atoms with van der Waals surface area (Å²) in [5, 5.41) is 8.84. The third-order valence-electron chi connectivity index (χ3n) is 4.58. The summed E-state index contributed by atoms with van der Waals surface area (Å²) in [6.45, 7) is 5.87. The van der Waals surface area contributed by atoms with Crippen LogP contribution in [0.15, 0.2) is 48.5 Å². The minimum absolute atomic E-state index is 0.329. The van der Waals surface area contributed by atoms with Gasteiger partial charge >= 0.3 is 0 Å². The number of benzene rings is 2. The lowest BCUT2D eigenvalue weighted by molar-refractivity contribution is 0.0783. The average Bonchev–Trinajstić information content (AvgIpc) is 2.72. The number of ether oxygens (including phenoxy) is 2. The molecule has 0 aromatic heterocycles. The zero-order chi connectivity index (χ0) is 18.9. The average molecular weight is 369 g/mol. The van der Waals surface area contributed by atoms with Gasteiger partial charge in [0, 0.05) is 32.7 Å². The van der Waals surface area contributed by atoms with Crippen LogP contribution in [-0.2, 0) is 4.74 Å². The van der Waals surface area contributed by atoms with Crippen LogP contribution in [-0.4, -0.2) is 57.4 Å². The third kappa shape index (κ3) is 5.68. The van der Waals surface area contributed by atoms with E-state index >= 15 is 0 Å². The lowest BCUT2D eigenvalue weighted by atomic mass is 10.2. The van der Waals surface area contributed by atoms with Gasteiger partial charge in [0.25, 0.3) is 0 Å². The molecule has 0 radical (unpaired) electrons. The van der Waals surface area contributed by atoms with E-state index in [1.165, 1.54) is 6.07 Å². The molecule has 0 unspecified atom stereocenters. The SMILES string of the molecule is N#Cc1ccc(N2CCN(CCOCCOc3ccccc3)CC2)c(F)c1. The molecule has 1 heterocycles. The summed E-state index contributed by atoms with van der Waals surface area (Å²) in [6, 6.07) is 16.3. The molecule has 0 aliphatic carbocycles. The van der Waals surface area contributed by atoms with E-state index in [1.807, 2.05) is 41.3 Å². The maximum atomic E-state index is 14.1. The first-order chi connectivity index (χ1) is 13.3. The minimum atomic E-state index is -0.329. The van der Waals surface area contributed by atoms with Crippen molar-refractivity contribution >= 4 is 5.69 Å². The minimum Gasteiger partial charge on any atom is -0.491 e. The predicted molar refractivity (Wildman–Crippen MR) is 103 cm³/mol. The van der Waals surface area contributed by atoms with Gasteiger partial charge in [0.15, 0.2) is 0 Å². The fourth-order valence-corrected chi connectivity index (χ4v) is 3.08. The Hall–Kier alpha value is -2.62. The van der Waals surface area contributed by atoms with Gasteiger partial charge in [-0.05, 0) is 30.3 Å². The molecule has 1 aliphatic rings. The van der Waals surface area contributed by atoms with Crippen molar-refractivity contribution < 1.29 is 13.9 Å². The first-order valence-corrected chi connectivity index (χ1v) is 9.19. The molecule has 0 atom stereocenters. The Balaban J connectivity index is 1.31. The van der Waals surface area contributed by atoms with Crippen LogP contribution in [0.3, 0.4) is 0 Å². The van der Waals surface area contributed by atoms with Gasteiger partial charge in [0.05, 0.1) is 30.5 Å². The highest BCUT2D eigenvalue weighted by atomic mass is 19.1. The van der Waals surface area contributed by atoms with Gasteiger partial charge < -0.3 is 14.4 Å². The predicted octanol–water partition coefficient (Wildman–Crippen LogP) is 2.91. The van der Waals surface area contributed by atoms with E-state index < -0.39 is 0 Å². The van der Waals surface area contributed by atoms with E-state index in [9.17, 15) is 4.39 Å². The number of rotatable bonds is 8. The quantitative estimate of drug-likeness (QED) is 0.670. The molecular formula is C21H24FN3O2. The Morgan fingerprint density at radius 2 is 1.74 bits per heavy atom. The molecule has 1 saturated heterocycles.